The first-order valence-corrected chi connectivity index (χ1v) is 8.48. The standard InChI is InChI=1S/C12H21N3O5S/c1-9-2-5-14(6-3-9)21(19,20)15-7-4-13-12(18)10(15)8-11(16)17/h9-10H,2-8H2,1H3,(H,13,18)(H,16,17). The molecule has 1 atom stereocenters. The molecule has 0 spiro atoms. The smallest absolute Gasteiger partial charge is 0.305 e. The van der Waals surface area contributed by atoms with Crippen molar-refractivity contribution in [3.05, 3.63) is 0 Å². The van der Waals surface area contributed by atoms with Gasteiger partial charge in [0.2, 0.25) is 5.91 Å². The summed E-state index contributed by atoms with van der Waals surface area (Å²) in [7, 11) is -3.79. The lowest BCUT2D eigenvalue weighted by atomic mass is 10.0. The molecule has 0 aromatic heterocycles. The van der Waals surface area contributed by atoms with Crippen LogP contribution in [0.2, 0.25) is 0 Å². The quantitative estimate of drug-likeness (QED) is 0.708. The van der Waals surface area contributed by atoms with Gasteiger partial charge in [-0.15, -0.1) is 0 Å². The fraction of sp³-hybridized carbons (Fsp3) is 0.833. The molecule has 2 heterocycles. The zero-order valence-electron chi connectivity index (χ0n) is 12.0. The molecular weight excluding hydrogens is 298 g/mol. The number of piperidine rings is 1. The van der Waals surface area contributed by atoms with Crippen molar-refractivity contribution < 1.29 is 23.1 Å². The van der Waals surface area contributed by atoms with Crippen LogP contribution in [0.3, 0.4) is 0 Å². The minimum atomic E-state index is -3.79. The van der Waals surface area contributed by atoms with Crippen LogP contribution < -0.4 is 5.32 Å². The molecule has 1 amide bonds. The molecule has 2 fully saturated rings. The number of aliphatic carboxylic acids is 1. The van der Waals surface area contributed by atoms with E-state index in [1.807, 2.05) is 0 Å². The Hall–Kier alpha value is -1.19. The van der Waals surface area contributed by atoms with E-state index < -0.39 is 34.5 Å². The molecule has 2 aliphatic heterocycles. The van der Waals surface area contributed by atoms with Gasteiger partial charge in [-0.25, -0.2) is 0 Å². The van der Waals surface area contributed by atoms with Crippen molar-refractivity contribution in [1.29, 1.82) is 0 Å². The van der Waals surface area contributed by atoms with Gasteiger partial charge in [0.1, 0.15) is 6.04 Å². The molecule has 120 valence electrons. The number of carboxylic acid groups (broad SMARTS) is 1. The summed E-state index contributed by atoms with van der Waals surface area (Å²) in [5, 5.41) is 11.4. The van der Waals surface area contributed by atoms with Crippen molar-refractivity contribution in [2.75, 3.05) is 26.2 Å². The molecule has 0 saturated carbocycles. The second-order valence-electron chi connectivity index (χ2n) is 5.60. The van der Waals surface area contributed by atoms with E-state index in [9.17, 15) is 18.0 Å². The lowest BCUT2D eigenvalue weighted by Gasteiger charge is -2.38. The monoisotopic (exact) mass is 319 g/mol. The molecule has 8 nitrogen and oxygen atoms in total. The minimum Gasteiger partial charge on any atom is -0.481 e. The van der Waals surface area contributed by atoms with E-state index in [0.29, 0.717) is 19.0 Å². The van der Waals surface area contributed by atoms with Crippen LogP contribution in [0.25, 0.3) is 0 Å². The molecule has 2 rings (SSSR count). The van der Waals surface area contributed by atoms with Gasteiger partial charge >= 0.3 is 5.97 Å². The van der Waals surface area contributed by atoms with Crippen LogP contribution in [0, 0.1) is 5.92 Å². The number of nitrogens with zero attached hydrogens (tertiary/aromatic N) is 2. The summed E-state index contributed by atoms with van der Waals surface area (Å²) in [6, 6.07) is -1.17. The molecule has 0 aromatic rings. The zero-order valence-corrected chi connectivity index (χ0v) is 12.8. The first-order chi connectivity index (χ1) is 9.82. The van der Waals surface area contributed by atoms with Gasteiger partial charge in [-0.2, -0.15) is 17.0 Å². The van der Waals surface area contributed by atoms with E-state index >= 15 is 0 Å². The van der Waals surface area contributed by atoms with Gasteiger partial charge in [0.25, 0.3) is 10.2 Å². The lowest BCUT2D eigenvalue weighted by molar-refractivity contribution is -0.141. The van der Waals surface area contributed by atoms with Crippen LogP contribution in [0.1, 0.15) is 26.2 Å². The number of carbonyl (C=O) groups is 2. The van der Waals surface area contributed by atoms with Crippen LogP contribution in [0.5, 0.6) is 0 Å². The van der Waals surface area contributed by atoms with Gasteiger partial charge in [-0.3, -0.25) is 9.59 Å². The number of nitrogens with one attached hydrogen (secondary N) is 1. The first kappa shape index (κ1) is 16.2. The Balaban J connectivity index is 2.19. The Morgan fingerprint density at radius 3 is 2.52 bits per heavy atom. The van der Waals surface area contributed by atoms with Crippen molar-refractivity contribution in [2.45, 2.75) is 32.2 Å². The van der Waals surface area contributed by atoms with Crippen LogP contribution in [0.4, 0.5) is 0 Å². The largest absolute Gasteiger partial charge is 0.481 e. The number of carbonyl (C=O) groups excluding carboxylic acids is 1. The predicted molar refractivity (Wildman–Crippen MR) is 74.6 cm³/mol. The normalized spacial score (nSPS) is 26.5. The summed E-state index contributed by atoms with van der Waals surface area (Å²) in [4.78, 5) is 22.7. The fourth-order valence-electron chi connectivity index (χ4n) is 2.69. The molecule has 2 saturated heterocycles. The third kappa shape index (κ3) is 3.53. The molecule has 0 aliphatic carbocycles. The number of piperazine rings is 1. The predicted octanol–water partition coefficient (Wildman–Crippen LogP) is -0.762. The molecule has 9 heteroatoms. The maximum Gasteiger partial charge on any atom is 0.305 e. The molecule has 0 radical (unpaired) electrons. The summed E-state index contributed by atoms with van der Waals surface area (Å²) in [6.07, 6.45) is 1.04. The van der Waals surface area contributed by atoms with E-state index in [1.54, 1.807) is 0 Å². The Labute approximate surface area is 124 Å². The van der Waals surface area contributed by atoms with Gasteiger partial charge in [0, 0.05) is 26.2 Å². The third-order valence-corrected chi connectivity index (χ3v) is 6.06. The molecule has 1 unspecified atom stereocenters. The second-order valence-corrected chi connectivity index (χ2v) is 7.49. The Bertz CT molecular complexity index is 513. The molecule has 21 heavy (non-hydrogen) atoms. The Morgan fingerprint density at radius 2 is 1.95 bits per heavy atom. The maximum absolute atomic E-state index is 12.7. The number of carboxylic acids is 1. The van der Waals surface area contributed by atoms with Crippen LogP contribution in [-0.2, 0) is 19.8 Å². The summed E-state index contributed by atoms with van der Waals surface area (Å²) in [6.45, 7) is 3.23. The van der Waals surface area contributed by atoms with Crippen molar-refractivity contribution in [1.82, 2.24) is 13.9 Å². The first-order valence-electron chi connectivity index (χ1n) is 7.09. The van der Waals surface area contributed by atoms with E-state index in [1.165, 1.54) is 4.31 Å². The number of hydrogen-bond donors (Lipinski definition) is 2. The second kappa shape index (κ2) is 6.29. The van der Waals surface area contributed by atoms with E-state index in [-0.39, 0.29) is 13.1 Å². The van der Waals surface area contributed by atoms with Gasteiger partial charge in [-0.05, 0) is 18.8 Å². The van der Waals surface area contributed by atoms with Crippen LogP contribution in [-0.4, -0.2) is 66.2 Å². The Kier molecular flexibility index (Phi) is 4.84. The topological polar surface area (TPSA) is 107 Å². The minimum absolute atomic E-state index is 0.109. The number of amides is 1. The van der Waals surface area contributed by atoms with Crippen LogP contribution in [0.15, 0.2) is 0 Å². The number of hydrogen-bond acceptors (Lipinski definition) is 4. The summed E-state index contributed by atoms with van der Waals surface area (Å²) >= 11 is 0. The summed E-state index contributed by atoms with van der Waals surface area (Å²) < 4.78 is 27.7. The maximum atomic E-state index is 12.7. The molecule has 0 bridgehead atoms. The van der Waals surface area contributed by atoms with Crippen molar-refractivity contribution in [2.24, 2.45) is 5.92 Å². The average molecular weight is 319 g/mol. The van der Waals surface area contributed by atoms with E-state index in [4.69, 9.17) is 5.11 Å². The highest BCUT2D eigenvalue weighted by atomic mass is 32.2. The third-order valence-electron chi connectivity index (χ3n) is 4.01. The molecule has 2 aliphatic rings. The fourth-order valence-corrected chi connectivity index (χ4v) is 4.48. The van der Waals surface area contributed by atoms with Gasteiger partial charge < -0.3 is 10.4 Å². The molecular formula is C12H21N3O5S. The van der Waals surface area contributed by atoms with Crippen molar-refractivity contribution >= 4 is 22.1 Å². The van der Waals surface area contributed by atoms with Crippen LogP contribution >= 0.6 is 0 Å². The lowest BCUT2D eigenvalue weighted by Crippen LogP contribution is -2.61. The van der Waals surface area contributed by atoms with Gasteiger partial charge in [0.05, 0.1) is 6.42 Å². The highest BCUT2D eigenvalue weighted by Crippen LogP contribution is 2.23. The van der Waals surface area contributed by atoms with Gasteiger partial charge in [0.15, 0.2) is 0 Å². The SMILES string of the molecule is CC1CCN(S(=O)(=O)N2CCNC(=O)C2CC(=O)O)CC1. The van der Waals surface area contributed by atoms with Gasteiger partial charge in [-0.1, -0.05) is 6.92 Å². The summed E-state index contributed by atoms with van der Waals surface area (Å²) in [5.41, 5.74) is 0. The molecule has 0 aromatic carbocycles. The van der Waals surface area contributed by atoms with E-state index in [2.05, 4.69) is 12.2 Å². The highest BCUT2D eigenvalue weighted by molar-refractivity contribution is 7.86. The summed E-state index contributed by atoms with van der Waals surface area (Å²) in [5.74, 6) is -1.25. The van der Waals surface area contributed by atoms with Crippen molar-refractivity contribution in [3.8, 4) is 0 Å². The number of rotatable bonds is 4. The highest BCUT2D eigenvalue weighted by Gasteiger charge is 2.42. The average Bonchev–Trinajstić information content (AvgIpc) is 2.41. The van der Waals surface area contributed by atoms with E-state index in [0.717, 1.165) is 17.1 Å². The Morgan fingerprint density at radius 1 is 1.33 bits per heavy atom. The zero-order chi connectivity index (χ0) is 15.6. The molecule has 2 N–H and O–H groups in total. The van der Waals surface area contributed by atoms with Crippen molar-refractivity contribution in [3.63, 3.8) is 0 Å².